The number of aliphatic hydroxyl groups is 1. The van der Waals surface area contributed by atoms with Gasteiger partial charge in [0.1, 0.15) is 16.6 Å². The van der Waals surface area contributed by atoms with Crippen LogP contribution in [0.4, 0.5) is 10.3 Å². The lowest BCUT2D eigenvalue weighted by molar-refractivity contribution is 0.00652. The number of hydrogen-bond acceptors (Lipinski definition) is 9. The van der Waals surface area contributed by atoms with E-state index in [1.165, 1.54) is 23.6 Å². The number of aromatic nitrogens is 3. The average Bonchev–Trinajstić information content (AvgIpc) is 3.64. The average molecular weight is 546 g/mol. The zero-order chi connectivity index (χ0) is 26.1. The number of benzene rings is 1. The molecule has 12 heteroatoms. The molecule has 9 nitrogen and oxygen atoms in total. The Morgan fingerprint density at radius 3 is 2.86 bits per heavy atom. The molecule has 5 rings (SSSR count). The van der Waals surface area contributed by atoms with E-state index in [-0.39, 0.29) is 18.8 Å². The number of hydrogen-bond donors (Lipinski definition) is 3. The molecule has 1 aromatic carbocycles. The first-order valence-electron chi connectivity index (χ1n) is 12.2. The fraction of sp³-hybridized carbons (Fsp3) is 0.440. The molecular weight excluding hydrogens is 517 g/mol. The number of nitrogens with one attached hydrogen (secondary N) is 2. The van der Waals surface area contributed by atoms with Gasteiger partial charge in [0.05, 0.1) is 31.5 Å². The normalized spacial score (nSPS) is 21.1. The first kappa shape index (κ1) is 25.8. The third-order valence-corrected chi connectivity index (χ3v) is 7.76. The molecule has 3 N–H and O–H groups in total. The lowest BCUT2D eigenvalue weighted by Crippen LogP contribution is -2.48. The van der Waals surface area contributed by atoms with Gasteiger partial charge in [-0.25, -0.2) is 9.37 Å². The molecule has 196 valence electrons. The van der Waals surface area contributed by atoms with Crippen LogP contribution in [0.3, 0.4) is 0 Å². The summed E-state index contributed by atoms with van der Waals surface area (Å²) in [5.74, 6) is -0.0624. The molecular formula is C25H29ClFN7O2S. The fourth-order valence-electron chi connectivity index (χ4n) is 4.40. The van der Waals surface area contributed by atoms with Crippen LogP contribution >= 0.6 is 22.9 Å². The third-order valence-electron chi connectivity index (χ3n) is 6.36. The number of fused-ring (bicyclic) bond motifs is 1. The first-order chi connectivity index (χ1) is 17.9. The van der Waals surface area contributed by atoms with Crippen LogP contribution in [0, 0.1) is 11.2 Å². The lowest BCUT2D eigenvalue weighted by Gasteiger charge is -2.37. The summed E-state index contributed by atoms with van der Waals surface area (Å²) >= 11 is 7.37. The Bertz CT molecular complexity index is 1420. The molecule has 1 aliphatic heterocycles. The van der Waals surface area contributed by atoms with Crippen LogP contribution < -0.4 is 15.0 Å². The molecule has 2 atom stereocenters. The van der Waals surface area contributed by atoms with E-state index in [1.54, 1.807) is 19.2 Å². The molecule has 1 saturated carbocycles. The molecule has 2 fully saturated rings. The van der Waals surface area contributed by atoms with Crippen molar-refractivity contribution >= 4 is 45.4 Å². The Labute approximate surface area is 222 Å². The molecule has 2 aliphatic rings. The van der Waals surface area contributed by atoms with Gasteiger partial charge in [0.2, 0.25) is 5.95 Å². The Morgan fingerprint density at radius 2 is 2.19 bits per heavy atom. The van der Waals surface area contributed by atoms with E-state index in [4.69, 9.17) is 31.7 Å². The second-order valence-electron chi connectivity index (χ2n) is 9.20. The van der Waals surface area contributed by atoms with Crippen molar-refractivity contribution in [1.29, 1.82) is 5.41 Å². The van der Waals surface area contributed by atoms with Crippen molar-refractivity contribution in [2.45, 2.75) is 44.6 Å². The van der Waals surface area contributed by atoms with Crippen LogP contribution in [0.5, 0.6) is 0 Å². The van der Waals surface area contributed by atoms with Gasteiger partial charge in [-0.05, 0) is 38.0 Å². The summed E-state index contributed by atoms with van der Waals surface area (Å²) in [6.45, 7) is 3.13. The summed E-state index contributed by atoms with van der Waals surface area (Å²) in [7, 11) is 1.67. The standard InChI is InChI=1S/C25H29ClFN7O2S/c1-14-12-33(13-20(36-14)15(10-28)11-30-17-4-5-17)24-31-21(18-6-3-16(26)9-19(18)27)22-23(32-24)34(7-8-35)25(29-2)37-22/h3,6,9-11,14,17,20,28,30,35H,4-5,7-8,12-13H2,1-2H3/b15-11+,28-10?,29-25-/t14-,20+/m1/s1. The van der Waals surface area contributed by atoms with Crippen molar-refractivity contribution in [2.24, 2.45) is 4.99 Å². The molecule has 0 bridgehead atoms. The van der Waals surface area contributed by atoms with Crippen LogP contribution in [-0.4, -0.2) is 70.9 Å². The van der Waals surface area contributed by atoms with Gasteiger partial charge in [-0.3, -0.25) is 9.56 Å². The van der Waals surface area contributed by atoms with Gasteiger partial charge in [0.25, 0.3) is 0 Å². The minimum atomic E-state index is -0.482. The van der Waals surface area contributed by atoms with Gasteiger partial charge in [0, 0.05) is 48.2 Å². The predicted octanol–water partition coefficient (Wildman–Crippen LogP) is 3.35. The van der Waals surface area contributed by atoms with Gasteiger partial charge in [0.15, 0.2) is 10.4 Å². The van der Waals surface area contributed by atoms with Gasteiger partial charge >= 0.3 is 0 Å². The number of halogens is 2. The number of morpholine rings is 1. The molecule has 0 unspecified atom stereocenters. The van der Waals surface area contributed by atoms with E-state index in [9.17, 15) is 5.11 Å². The molecule has 0 spiro atoms. The highest BCUT2D eigenvalue weighted by Gasteiger charge is 2.31. The predicted molar refractivity (Wildman–Crippen MR) is 144 cm³/mol. The van der Waals surface area contributed by atoms with Crippen LogP contribution in [-0.2, 0) is 11.3 Å². The largest absolute Gasteiger partial charge is 0.395 e. The van der Waals surface area contributed by atoms with Gasteiger partial charge in [-0.2, -0.15) is 4.98 Å². The highest BCUT2D eigenvalue weighted by atomic mass is 35.5. The van der Waals surface area contributed by atoms with E-state index in [1.807, 2.05) is 22.6 Å². The molecule has 1 saturated heterocycles. The maximum atomic E-state index is 15.1. The first-order valence-corrected chi connectivity index (χ1v) is 13.4. The van der Waals surface area contributed by atoms with Gasteiger partial charge in [-0.1, -0.05) is 22.9 Å². The summed E-state index contributed by atoms with van der Waals surface area (Å²) in [5.41, 5.74) is 2.06. The molecule has 3 heterocycles. The van der Waals surface area contributed by atoms with Gasteiger partial charge < -0.3 is 25.5 Å². The lowest BCUT2D eigenvalue weighted by atomic mass is 10.1. The highest BCUT2D eigenvalue weighted by Crippen LogP contribution is 2.34. The van der Waals surface area contributed by atoms with Crippen molar-refractivity contribution in [1.82, 2.24) is 19.9 Å². The van der Waals surface area contributed by atoms with Crippen molar-refractivity contribution in [2.75, 3.05) is 31.6 Å². The molecule has 1 aliphatic carbocycles. The third kappa shape index (κ3) is 5.40. The van der Waals surface area contributed by atoms with Crippen LogP contribution in [0.15, 0.2) is 35.0 Å². The summed E-state index contributed by atoms with van der Waals surface area (Å²) in [6.07, 6.45) is 4.95. The maximum Gasteiger partial charge on any atom is 0.228 e. The van der Waals surface area contributed by atoms with Crippen molar-refractivity contribution in [3.63, 3.8) is 0 Å². The Kier molecular flexibility index (Phi) is 7.57. The van der Waals surface area contributed by atoms with E-state index in [0.717, 1.165) is 18.4 Å². The monoisotopic (exact) mass is 545 g/mol. The SMILES string of the molecule is C/N=c1\sc2c(-c3ccc(Cl)cc3F)nc(N3C[C@@H](C)O[C@H](/C(C=N)=C/NC4CC4)C3)nc2n1CCO. The number of rotatable bonds is 8. The van der Waals surface area contributed by atoms with E-state index in [0.29, 0.717) is 63.1 Å². The minimum Gasteiger partial charge on any atom is -0.395 e. The zero-order valence-corrected chi connectivity index (χ0v) is 22.2. The molecule has 0 radical (unpaired) electrons. The van der Waals surface area contributed by atoms with E-state index >= 15 is 4.39 Å². The smallest absolute Gasteiger partial charge is 0.228 e. The Balaban J connectivity index is 1.62. The minimum absolute atomic E-state index is 0.0961. The number of nitrogens with zero attached hydrogens (tertiary/aromatic N) is 5. The van der Waals surface area contributed by atoms with E-state index in [2.05, 4.69) is 10.3 Å². The number of ether oxygens (including phenoxy) is 1. The molecule has 2 aromatic heterocycles. The van der Waals surface area contributed by atoms with Crippen LogP contribution in [0.25, 0.3) is 21.6 Å². The maximum absolute atomic E-state index is 15.1. The fourth-order valence-corrected chi connectivity index (χ4v) is 5.62. The van der Waals surface area contributed by atoms with Crippen molar-refractivity contribution in [3.8, 4) is 11.3 Å². The highest BCUT2D eigenvalue weighted by molar-refractivity contribution is 7.16. The Hall–Kier alpha value is -2.86. The van der Waals surface area contributed by atoms with Crippen molar-refractivity contribution in [3.05, 3.63) is 45.6 Å². The number of anilines is 1. The summed E-state index contributed by atoms with van der Waals surface area (Å²) in [4.78, 5) is 16.7. The van der Waals surface area contributed by atoms with Crippen LogP contribution in [0.1, 0.15) is 19.8 Å². The quantitative estimate of drug-likeness (QED) is 0.374. The second kappa shape index (κ2) is 10.9. The summed E-state index contributed by atoms with van der Waals surface area (Å²) in [6, 6.07) is 4.99. The number of aliphatic hydroxyl groups excluding tert-OH is 1. The van der Waals surface area contributed by atoms with Crippen LogP contribution in [0.2, 0.25) is 5.02 Å². The summed E-state index contributed by atoms with van der Waals surface area (Å²) in [5, 5.41) is 21.3. The topological polar surface area (TPSA) is 112 Å². The Morgan fingerprint density at radius 1 is 1.38 bits per heavy atom. The number of thiazole rings is 1. The van der Waals surface area contributed by atoms with Gasteiger partial charge in [-0.15, -0.1) is 0 Å². The van der Waals surface area contributed by atoms with E-state index < -0.39 is 5.82 Å². The molecule has 3 aromatic rings. The molecule has 37 heavy (non-hydrogen) atoms. The molecule has 0 amide bonds. The zero-order valence-electron chi connectivity index (χ0n) is 20.6. The summed E-state index contributed by atoms with van der Waals surface area (Å²) < 4.78 is 23.8. The van der Waals surface area contributed by atoms with Crippen molar-refractivity contribution < 1.29 is 14.2 Å². The second-order valence-corrected chi connectivity index (χ2v) is 10.6.